The lowest BCUT2D eigenvalue weighted by atomic mass is 9.88. The van der Waals surface area contributed by atoms with Crippen molar-refractivity contribution in [1.82, 2.24) is 16.0 Å². The lowest BCUT2D eigenvalue weighted by molar-refractivity contribution is -0.126. The third kappa shape index (κ3) is 4.06. The van der Waals surface area contributed by atoms with Crippen LogP contribution in [0.2, 0.25) is 0 Å². The van der Waals surface area contributed by atoms with E-state index in [2.05, 4.69) is 31.9 Å². The number of fused-ring (bicyclic) bond motifs is 2. The standard InChI is InChI=1S/C22H21BrN4O5/c1-32-17-7-6-12(8-15(17)23)20-14-10-27(19(30)9-24-18(29)11-28)16-5-3-2-4-13(16)21(14)26-22(31)25-20/h2-8,20,28H,9-11H2,1H3,(H,24,29)(H2,25,26,31). The number of carbonyl (C=O) groups excluding carboxylic acids is 3. The summed E-state index contributed by atoms with van der Waals surface area (Å²) in [5, 5.41) is 17.1. The van der Waals surface area contributed by atoms with Gasteiger partial charge in [0, 0.05) is 11.1 Å². The fourth-order valence-corrected chi connectivity index (χ4v) is 4.43. The highest BCUT2D eigenvalue weighted by Crippen LogP contribution is 2.41. The summed E-state index contributed by atoms with van der Waals surface area (Å²) in [6, 6.07) is 12.0. The Morgan fingerprint density at radius 2 is 2.06 bits per heavy atom. The second-order valence-corrected chi connectivity index (χ2v) is 8.11. The fourth-order valence-electron chi connectivity index (χ4n) is 3.87. The number of urea groups is 1. The Labute approximate surface area is 192 Å². The molecule has 0 bridgehead atoms. The van der Waals surface area contributed by atoms with Crippen LogP contribution in [0, 0.1) is 0 Å². The number of nitrogens with one attached hydrogen (secondary N) is 3. The highest BCUT2D eigenvalue weighted by Gasteiger charge is 2.36. The van der Waals surface area contributed by atoms with Crippen LogP contribution in [0.1, 0.15) is 17.2 Å². The molecule has 1 atom stereocenters. The van der Waals surface area contributed by atoms with Gasteiger partial charge in [-0.2, -0.15) is 0 Å². The minimum Gasteiger partial charge on any atom is -0.496 e. The van der Waals surface area contributed by atoms with Crippen molar-refractivity contribution >= 4 is 45.2 Å². The molecule has 2 aliphatic rings. The van der Waals surface area contributed by atoms with Crippen LogP contribution >= 0.6 is 15.9 Å². The second kappa shape index (κ2) is 9.01. The number of aliphatic hydroxyl groups is 1. The number of carbonyl (C=O) groups is 3. The molecule has 4 N–H and O–H groups in total. The number of benzene rings is 2. The Kier molecular flexibility index (Phi) is 6.15. The second-order valence-electron chi connectivity index (χ2n) is 7.26. The van der Waals surface area contributed by atoms with Crippen molar-refractivity contribution in [2.75, 3.05) is 31.7 Å². The lowest BCUT2D eigenvalue weighted by Gasteiger charge is -2.39. The molecule has 2 aliphatic heterocycles. The van der Waals surface area contributed by atoms with Gasteiger partial charge in [-0.05, 0) is 39.7 Å². The molecule has 0 saturated carbocycles. The van der Waals surface area contributed by atoms with Crippen LogP contribution in [0.4, 0.5) is 10.5 Å². The number of nitrogens with zero attached hydrogens (tertiary/aromatic N) is 1. The number of anilines is 1. The van der Waals surface area contributed by atoms with E-state index in [0.29, 0.717) is 22.7 Å². The van der Waals surface area contributed by atoms with Gasteiger partial charge in [-0.15, -0.1) is 0 Å². The summed E-state index contributed by atoms with van der Waals surface area (Å²) in [4.78, 5) is 38.5. The highest BCUT2D eigenvalue weighted by atomic mass is 79.9. The number of aliphatic hydroxyl groups excluding tert-OH is 1. The lowest BCUT2D eigenvalue weighted by Crippen LogP contribution is -2.50. The van der Waals surface area contributed by atoms with E-state index in [0.717, 1.165) is 15.6 Å². The molecule has 10 heteroatoms. The summed E-state index contributed by atoms with van der Waals surface area (Å²) in [5.74, 6) is -0.304. The van der Waals surface area contributed by atoms with E-state index in [4.69, 9.17) is 9.84 Å². The summed E-state index contributed by atoms with van der Waals surface area (Å²) in [6.45, 7) is -0.736. The first kappa shape index (κ1) is 21.8. The monoisotopic (exact) mass is 500 g/mol. The van der Waals surface area contributed by atoms with Crippen molar-refractivity contribution in [2.24, 2.45) is 0 Å². The Hall–Kier alpha value is -3.37. The van der Waals surface area contributed by atoms with Crippen LogP contribution < -0.4 is 25.6 Å². The molecule has 1 unspecified atom stereocenters. The van der Waals surface area contributed by atoms with Gasteiger partial charge in [0.2, 0.25) is 11.8 Å². The Morgan fingerprint density at radius 3 is 2.78 bits per heavy atom. The van der Waals surface area contributed by atoms with E-state index in [9.17, 15) is 14.4 Å². The van der Waals surface area contributed by atoms with E-state index >= 15 is 0 Å². The van der Waals surface area contributed by atoms with Gasteiger partial charge in [0.25, 0.3) is 0 Å². The third-order valence-electron chi connectivity index (χ3n) is 5.37. The zero-order chi connectivity index (χ0) is 22.8. The Balaban J connectivity index is 1.75. The number of hydrogen-bond acceptors (Lipinski definition) is 5. The molecule has 2 aromatic rings. The van der Waals surface area contributed by atoms with Gasteiger partial charge >= 0.3 is 6.03 Å². The van der Waals surface area contributed by atoms with Crippen molar-refractivity contribution in [3.05, 3.63) is 63.6 Å². The maximum Gasteiger partial charge on any atom is 0.320 e. The number of methoxy groups -OCH3 is 1. The molecule has 2 aromatic carbocycles. The van der Waals surface area contributed by atoms with E-state index in [1.807, 2.05) is 24.3 Å². The van der Waals surface area contributed by atoms with Gasteiger partial charge in [0.15, 0.2) is 0 Å². The van der Waals surface area contributed by atoms with Crippen LogP contribution in [0.15, 0.2) is 52.5 Å². The minimum atomic E-state index is -0.691. The van der Waals surface area contributed by atoms with Crippen molar-refractivity contribution < 1.29 is 24.2 Å². The van der Waals surface area contributed by atoms with Gasteiger partial charge < -0.3 is 30.7 Å². The normalized spacial score (nSPS) is 17.0. The maximum absolute atomic E-state index is 13.0. The highest BCUT2D eigenvalue weighted by molar-refractivity contribution is 9.10. The first-order chi connectivity index (χ1) is 15.4. The predicted molar refractivity (Wildman–Crippen MR) is 121 cm³/mol. The molecular formula is C22H21BrN4O5. The van der Waals surface area contributed by atoms with Crippen molar-refractivity contribution in [1.29, 1.82) is 0 Å². The first-order valence-electron chi connectivity index (χ1n) is 9.84. The molecule has 0 aromatic heterocycles. The number of ether oxygens (including phenoxy) is 1. The molecule has 0 spiro atoms. The van der Waals surface area contributed by atoms with Crippen LogP contribution in [0.3, 0.4) is 0 Å². The topological polar surface area (TPSA) is 120 Å². The van der Waals surface area contributed by atoms with Crippen LogP contribution in [-0.2, 0) is 9.59 Å². The SMILES string of the molecule is COc1ccc(C2NC(=O)NC3=C2CN(C(=O)CNC(=O)CO)c2ccccc23)cc1Br. The third-order valence-corrected chi connectivity index (χ3v) is 5.99. The average molecular weight is 501 g/mol. The molecule has 4 amide bonds. The predicted octanol–water partition coefficient (Wildman–Crippen LogP) is 1.68. The van der Waals surface area contributed by atoms with Gasteiger partial charge in [0.05, 0.1) is 42.1 Å². The van der Waals surface area contributed by atoms with E-state index in [1.54, 1.807) is 30.2 Å². The van der Waals surface area contributed by atoms with Crippen LogP contribution in [0.5, 0.6) is 5.75 Å². The van der Waals surface area contributed by atoms with Crippen molar-refractivity contribution in [2.45, 2.75) is 6.04 Å². The van der Waals surface area contributed by atoms with Crippen molar-refractivity contribution in [3.8, 4) is 5.75 Å². The maximum atomic E-state index is 13.0. The van der Waals surface area contributed by atoms with E-state index in [1.165, 1.54) is 0 Å². The molecule has 9 nitrogen and oxygen atoms in total. The molecule has 0 radical (unpaired) electrons. The Morgan fingerprint density at radius 1 is 1.28 bits per heavy atom. The average Bonchev–Trinajstić information content (AvgIpc) is 2.81. The number of rotatable bonds is 5. The first-order valence-corrected chi connectivity index (χ1v) is 10.6. The number of halogens is 1. The van der Waals surface area contributed by atoms with E-state index in [-0.39, 0.29) is 25.0 Å². The number of amides is 4. The molecule has 4 rings (SSSR count). The number of para-hydroxylation sites is 1. The minimum absolute atomic E-state index is 0.210. The van der Waals surface area contributed by atoms with Gasteiger partial charge in [0.1, 0.15) is 12.4 Å². The Bertz CT molecular complexity index is 1130. The zero-order valence-electron chi connectivity index (χ0n) is 17.1. The molecule has 0 fully saturated rings. The molecular weight excluding hydrogens is 480 g/mol. The summed E-state index contributed by atoms with van der Waals surface area (Å²) in [5.41, 5.74) is 3.63. The van der Waals surface area contributed by atoms with Crippen molar-refractivity contribution in [3.63, 3.8) is 0 Å². The molecule has 32 heavy (non-hydrogen) atoms. The zero-order valence-corrected chi connectivity index (χ0v) is 18.7. The fraction of sp³-hybridized carbons (Fsp3) is 0.227. The van der Waals surface area contributed by atoms with Gasteiger partial charge in [-0.1, -0.05) is 24.3 Å². The largest absolute Gasteiger partial charge is 0.496 e. The molecule has 0 aliphatic carbocycles. The van der Waals surface area contributed by atoms with Gasteiger partial charge in [-0.25, -0.2) is 4.79 Å². The quantitative estimate of drug-likeness (QED) is 0.497. The molecule has 166 valence electrons. The molecule has 0 saturated heterocycles. The molecule has 2 heterocycles. The summed E-state index contributed by atoms with van der Waals surface area (Å²) >= 11 is 3.48. The number of hydrogen-bond donors (Lipinski definition) is 4. The smallest absolute Gasteiger partial charge is 0.320 e. The van der Waals surface area contributed by atoms with E-state index < -0.39 is 18.6 Å². The van der Waals surface area contributed by atoms with Crippen LogP contribution in [0.25, 0.3) is 5.70 Å². The van der Waals surface area contributed by atoms with Gasteiger partial charge in [-0.3, -0.25) is 9.59 Å². The summed E-state index contributed by atoms with van der Waals surface area (Å²) in [7, 11) is 1.57. The summed E-state index contributed by atoms with van der Waals surface area (Å²) in [6.07, 6.45) is 0. The van der Waals surface area contributed by atoms with Crippen LogP contribution in [-0.4, -0.2) is 49.8 Å². The summed E-state index contributed by atoms with van der Waals surface area (Å²) < 4.78 is 6.04.